The van der Waals surface area contributed by atoms with Crippen molar-refractivity contribution < 1.29 is 0 Å². The number of piperidine rings is 1. The van der Waals surface area contributed by atoms with Gasteiger partial charge in [0.25, 0.3) is 0 Å². The van der Waals surface area contributed by atoms with Crippen LogP contribution in [-0.4, -0.2) is 38.1 Å². The van der Waals surface area contributed by atoms with Crippen molar-refractivity contribution >= 4 is 5.69 Å². The summed E-state index contributed by atoms with van der Waals surface area (Å²) in [5.41, 5.74) is 8.71. The van der Waals surface area contributed by atoms with Crippen LogP contribution in [0.1, 0.15) is 18.9 Å². The quantitative estimate of drug-likeness (QED) is 0.886. The first-order valence-corrected chi connectivity index (χ1v) is 6.79. The number of likely N-dealkylation sites (tertiary alicyclic amines) is 1. The predicted molar refractivity (Wildman–Crippen MR) is 77.8 cm³/mol. The lowest BCUT2D eigenvalue weighted by Gasteiger charge is -2.34. The van der Waals surface area contributed by atoms with Gasteiger partial charge in [-0.2, -0.15) is 0 Å². The molecule has 0 aliphatic carbocycles. The smallest absolute Gasteiger partial charge is 0.0361 e. The fraction of sp³-hybridized carbons (Fsp3) is 0.600. The Morgan fingerprint density at radius 1 is 1.22 bits per heavy atom. The monoisotopic (exact) mass is 247 g/mol. The molecule has 1 aliphatic rings. The number of hydrogen-bond donors (Lipinski definition) is 1. The molecule has 0 bridgehead atoms. The zero-order valence-electron chi connectivity index (χ0n) is 11.8. The Morgan fingerprint density at radius 3 is 2.44 bits per heavy atom. The maximum Gasteiger partial charge on any atom is 0.0361 e. The van der Waals surface area contributed by atoms with E-state index in [0.717, 1.165) is 25.4 Å². The molecule has 100 valence electrons. The number of rotatable bonds is 3. The topological polar surface area (TPSA) is 32.5 Å². The van der Waals surface area contributed by atoms with Crippen molar-refractivity contribution in [3.8, 4) is 0 Å². The van der Waals surface area contributed by atoms with Gasteiger partial charge in [-0.25, -0.2) is 0 Å². The van der Waals surface area contributed by atoms with Gasteiger partial charge in [0, 0.05) is 45.5 Å². The van der Waals surface area contributed by atoms with Gasteiger partial charge < -0.3 is 10.6 Å². The van der Waals surface area contributed by atoms with Crippen molar-refractivity contribution in [3.63, 3.8) is 0 Å². The van der Waals surface area contributed by atoms with Crippen LogP contribution in [0.25, 0.3) is 0 Å². The lowest BCUT2D eigenvalue weighted by molar-refractivity contribution is 0.158. The molecule has 0 aromatic heterocycles. The van der Waals surface area contributed by atoms with Gasteiger partial charge in [-0.1, -0.05) is 19.1 Å². The minimum Gasteiger partial charge on any atom is -0.378 e. The number of benzene rings is 1. The lowest BCUT2D eigenvalue weighted by atomic mass is 9.96. The van der Waals surface area contributed by atoms with Crippen molar-refractivity contribution in [1.29, 1.82) is 0 Å². The molecule has 2 N–H and O–H groups in total. The van der Waals surface area contributed by atoms with E-state index in [-0.39, 0.29) is 0 Å². The van der Waals surface area contributed by atoms with Crippen molar-refractivity contribution in [3.05, 3.63) is 29.8 Å². The van der Waals surface area contributed by atoms with E-state index in [1.54, 1.807) is 0 Å². The summed E-state index contributed by atoms with van der Waals surface area (Å²) in [5, 5.41) is 0. The molecule has 2 unspecified atom stereocenters. The molecule has 1 saturated heterocycles. The van der Waals surface area contributed by atoms with Crippen LogP contribution >= 0.6 is 0 Å². The Bertz CT molecular complexity index is 362. The first-order valence-electron chi connectivity index (χ1n) is 6.79. The highest BCUT2D eigenvalue weighted by molar-refractivity contribution is 5.45. The average Bonchev–Trinajstić information content (AvgIpc) is 2.28. The molecule has 0 spiro atoms. The van der Waals surface area contributed by atoms with E-state index in [2.05, 4.69) is 55.1 Å². The molecule has 3 heteroatoms. The van der Waals surface area contributed by atoms with Crippen molar-refractivity contribution in [2.24, 2.45) is 11.7 Å². The zero-order chi connectivity index (χ0) is 13.1. The Morgan fingerprint density at radius 2 is 1.89 bits per heavy atom. The Balaban J connectivity index is 1.96. The molecule has 1 fully saturated rings. The second kappa shape index (κ2) is 5.72. The fourth-order valence-electron chi connectivity index (χ4n) is 2.80. The highest BCUT2D eigenvalue weighted by Crippen LogP contribution is 2.19. The minimum absolute atomic E-state index is 0.342. The van der Waals surface area contributed by atoms with Crippen LogP contribution in [0.2, 0.25) is 0 Å². The molecule has 2 rings (SSSR count). The van der Waals surface area contributed by atoms with Crippen LogP contribution in [0, 0.1) is 5.92 Å². The molecule has 3 nitrogen and oxygen atoms in total. The van der Waals surface area contributed by atoms with Crippen molar-refractivity contribution in [1.82, 2.24) is 4.90 Å². The molecule has 0 amide bonds. The van der Waals surface area contributed by atoms with Crippen LogP contribution in [0.4, 0.5) is 5.69 Å². The van der Waals surface area contributed by atoms with E-state index in [1.165, 1.54) is 17.8 Å². The van der Waals surface area contributed by atoms with Crippen LogP contribution < -0.4 is 10.6 Å². The molecule has 1 aliphatic heterocycles. The maximum atomic E-state index is 6.08. The van der Waals surface area contributed by atoms with Gasteiger partial charge >= 0.3 is 0 Å². The summed E-state index contributed by atoms with van der Waals surface area (Å²) in [7, 11) is 4.14. The third-order valence-electron chi connectivity index (χ3n) is 3.63. The largest absolute Gasteiger partial charge is 0.378 e. The van der Waals surface area contributed by atoms with E-state index in [4.69, 9.17) is 5.73 Å². The Hall–Kier alpha value is -1.06. The molecule has 18 heavy (non-hydrogen) atoms. The maximum absolute atomic E-state index is 6.08. The predicted octanol–water partition coefficient (Wildman–Crippen LogP) is 1.92. The SMILES string of the molecule is CC1CC(N)CN(Cc2ccc(N(C)C)cc2)C1. The molecule has 0 radical (unpaired) electrons. The highest BCUT2D eigenvalue weighted by Gasteiger charge is 2.21. The molecule has 1 aromatic rings. The van der Waals surface area contributed by atoms with Gasteiger partial charge in [0.2, 0.25) is 0 Å². The van der Waals surface area contributed by atoms with Crippen molar-refractivity contribution in [2.75, 3.05) is 32.1 Å². The summed E-state index contributed by atoms with van der Waals surface area (Å²) >= 11 is 0. The van der Waals surface area contributed by atoms with E-state index >= 15 is 0 Å². The summed E-state index contributed by atoms with van der Waals surface area (Å²) in [4.78, 5) is 4.60. The number of hydrogen-bond acceptors (Lipinski definition) is 3. The average molecular weight is 247 g/mol. The first kappa shape index (κ1) is 13.4. The van der Waals surface area contributed by atoms with Crippen LogP contribution in [0.3, 0.4) is 0 Å². The first-order chi connectivity index (χ1) is 8.54. The molecule has 0 saturated carbocycles. The normalized spacial score (nSPS) is 25.1. The standard InChI is InChI=1S/C15H25N3/c1-12-8-14(16)11-18(9-12)10-13-4-6-15(7-5-13)17(2)3/h4-7,12,14H,8-11,16H2,1-3H3. The van der Waals surface area contributed by atoms with Crippen LogP contribution in [-0.2, 0) is 6.54 Å². The minimum atomic E-state index is 0.342. The zero-order valence-corrected chi connectivity index (χ0v) is 11.8. The van der Waals surface area contributed by atoms with Gasteiger partial charge in [0.15, 0.2) is 0 Å². The number of anilines is 1. The van der Waals surface area contributed by atoms with Gasteiger partial charge in [0.05, 0.1) is 0 Å². The molecular weight excluding hydrogens is 222 g/mol. The summed E-state index contributed by atoms with van der Waals surface area (Å²) in [6.07, 6.45) is 1.16. The van der Waals surface area contributed by atoms with Crippen LogP contribution in [0.15, 0.2) is 24.3 Å². The summed E-state index contributed by atoms with van der Waals surface area (Å²) < 4.78 is 0. The fourth-order valence-corrected chi connectivity index (χ4v) is 2.80. The molecular formula is C15H25N3. The molecule has 2 atom stereocenters. The van der Waals surface area contributed by atoms with Crippen molar-refractivity contribution in [2.45, 2.75) is 25.9 Å². The van der Waals surface area contributed by atoms with E-state index in [1.807, 2.05) is 0 Å². The Kier molecular flexibility index (Phi) is 4.25. The number of nitrogens with zero attached hydrogens (tertiary/aromatic N) is 2. The van der Waals surface area contributed by atoms with Gasteiger partial charge in [-0.3, -0.25) is 4.90 Å². The second-order valence-corrected chi connectivity index (χ2v) is 5.86. The van der Waals surface area contributed by atoms with E-state index in [0.29, 0.717) is 6.04 Å². The van der Waals surface area contributed by atoms with E-state index < -0.39 is 0 Å². The van der Waals surface area contributed by atoms with Gasteiger partial charge in [0.1, 0.15) is 0 Å². The molecule has 1 heterocycles. The lowest BCUT2D eigenvalue weighted by Crippen LogP contribution is -2.45. The van der Waals surface area contributed by atoms with E-state index in [9.17, 15) is 0 Å². The number of nitrogens with two attached hydrogens (primary N) is 1. The summed E-state index contributed by atoms with van der Waals surface area (Å²) in [6.45, 7) is 5.51. The van der Waals surface area contributed by atoms with Gasteiger partial charge in [-0.15, -0.1) is 0 Å². The third kappa shape index (κ3) is 3.47. The van der Waals surface area contributed by atoms with Crippen LogP contribution in [0.5, 0.6) is 0 Å². The summed E-state index contributed by atoms with van der Waals surface area (Å²) in [5.74, 6) is 0.717. The second-order valence-electron chi connectivity index (χ2n) is 5.86. The summed E-state index contributed by atoms with van der Waals surface area (Å²) in [6, 6.07) is 9.15. The highest BCUT2D eigenvalue weighted by atomic mass is 15.1. The third-order valence-corrected chi connectivity index (χ3v) is 3.63. The van der Waals surface area contributed by atoms with Gasteiger partial charge in [-0.05, 0) is 30.0 Å². The molecule has 1 aromatic carbocycles. The Labute approximate surface area is 111 Å².